The van der Waals surface area contributed by atoms with Gasteiger partial charge in [-0.15, -0.1) is 0 Å². The van der Waals surface area contributed by atoms with Crippen LogP contribution in [-0.4, -0.2) is 60.5 Å². The van der Waals surface area contributed by atoms with Crippen LogP contribution in [0.2, 0.25) is 0 Å². The highest BCUT2D eigenvalue weighted by Gasteiger charge is 2.43. The summed E-state index contributed by atoms with van der Waals surface area (Å²) >= 11 is 0. The van der Waals surface area contributed by atoms with Crippen molar-refractivity contribution in [1.82, 2.24) is 15.5 Å². The second kappa shape index (κ2) is 11.6. The predicted molar refractivity (Wildman–Crippen MR) is 121 cm³/mol. The Labute approximate surface area is 196 Å². The smallest absolute Gasteiger partial charge is 0.328 e. The topological polar surface area (TPSA) is 117 Å². The first-order valence-corrected chi connectivity index (χ1v) is 10.8. The van der Waals surface area contributed by atoms with E-state index in [-0.39, 0.29) is 24.6 Å². The van der Waals surface area contributed by atoms with Gasteiger partial charge in [0.1, 0.15) is 23.7 Å². The molecular formula is C23H30F2N4O5. The molecule has 1 aromatic carbocycles. The highest BCUT2D eigenvalue weighted by molar-refractivity contribution is 5.96. The SMILES string of the molecule is COC(=O)[C@H](NC(=O)[C@H]1[C@@H](NC(=O)Nc2ccc(F)cc2F)CCN1C(=O)C=C(C)C)C(C)C. The molecule has 9 nitrogen and oxygen atoms in total. The van der Waals surface area contributed by atoms with E-state index in [0.717, 1.165) is 17.7 Å². The molecule has 3 N–H and O–H groups in total. The van der Waals surface area contributed by atoms with Crippen molar-refractivity contribution in [2.24, 2.45) is 5.92 Å². The van der Waals surface area contributed by atoms with E-state index in [1.165, 1.54) is 18.1 Å². The van der Waals surface area contributed by atoms with Gasteiger partial charge in [0.15, 0.2) is 0 Å². The summed E-state index contributed by atoms with van der Waals surface area (Å²) in [4.78, 5) is 51.9. The Morgan fingerprint density at radius 2 is 1.85 bits per heavy atom. The maximum atomic E-state index is 13.9. The van der Waals surface area contributed by atoms with E-state index in [1.54, 1.807) is 27.7 Å². The van der Waals surface area contributed by atoms with Crippen LogP contribution in [0.25, 0.3) is 0 Å². The van der Waals surface area contributed by atoms with Gasteiger partial charge in [0, 0.05) is 18.7 Å². The molecule has 4 amide bonds. The van der Waals surface area contributed by atoms with Crippen molar-refractivity contribution < 1.29 is 32.7 Å². The Kier molecular flexibility index (Phi) is 9.11. The molecule has 3 atom stereocenters. The number of carbonyl (C=O) groups is 4. The van der Waals surface area contributed by atoms with Gasteiger partial charge in [-0.2, -0.15) is 0 Å². The number of allylic oxidation sites excluding steroid dienone is 1. The second-order valence-corrected chi connectivity index (χ2v) is 8.57. The van der Waals surface area contributed by atoms with Crippen molar-refractivity contribution in [3.05, 3.63) is 41.5 Å². The molecule has 186 valence electrons. The van der Waals surface area contributed by atoms with Crippen LogP contribution in [0.5, 0.6) is 0 Å². The first-order chi connectivity index (χ1) is 15.9. The van der Waals surface area contributed by atoms with Gasteiger partial charge in [0.05, 0.1) is 18.8 Å². The summed E-state index contributed by atoms with van der Waals surface area (Å²) < 4.78 is 31.8. The van der Waals surface area contributed by atoms with Crippen molar-refractivity contribution in [3.63, 3.8) is 0 Å². The third-order valence-corrected chi connectivity index (χ3v) is 5.28. The number of carbonyl (C=O) groups excluding carboxylic acids is 4. The lowest BCUT2D eigenvalue weighted by Gasteiger charge is -2.29. The van der Waals surface area contributed by atoms with Crippen LogP contribution in [0, 0.1) is 17.6 Å². The van der Waals surface area contributed by atoms with Crippen LogP contribution in [-0.2, 0) is 19.1 Å². The molecule has 0 aliphatic carbocycles. The molecule has 0 radical (unpaired) electrons. The van der Waals surface area contributed by atoms with Gasteiger partial charge in [0.25, 0.3) is 0 Å². The molecule has 1 saturated heterocycles. The lowest BCUT2D eigenvalue weighted by Crippen LogP contribution is -2.58. The molecule has 1 heterocycles. The van der Waals surface area contributed by atoms with Crippen molar-refractivity contribution in [2.75, 3.05) is 19.0 Å². The summed E-state index contributed by atoms with van der Waals surface area (Å²) in [6, 6.07) is -1.07. The fourth-order valence-corrected chi connectivity index (χ4v) is 3.63. The minimum Gasteiger partial charge on any atom is -0.467 e. The average Bonchev–Trinajstić information content (AvgIpc) is 3.16. The predicted octanol–water partition coefficient (Wildman–Crippen LogP) is 2.34. The van der Waals surface area contributed by atoms with Crippen LogP contribution in [0.4, 0.5) is 19.3 Å². The number of nitrogens with zero attached hydrogens (tertiary/aromatic N) is 1. The molecule has 11 heteroatoms. The maximum absolute atomic E-state index is 13.9. The molecule has 0 unspecified atom stereocenters. The Hall–Kier alpha value is -3.50. The van der Waals surface area contributed by atoms with E-state index in [1.807, 2.05) is 0 Å². The summed E-state index contributed by atoms with van der Waals surface area (Å²) in [6.07, 6.45) is 1.61. The number of esters is 1. The highest BCUT2D eigenvalue weighted by Crippen LogP contribution is 2.21. The third-order valence-electron chi connectivity index (χ3n) is 5.28. The summed E-state index contributed by atoms with van der Waals surface area (Å²) in [5, 5.41) is 7.47. The molecule has 1 aromatic rings. The van der Waals surface area contributed by atoms with Gasteiger partial charge in [0.2, 0.25) is 11.8 Å². The van der Waals surface area contributed by atoms with Gasteiger partial charge in [-0.3, -0.25) is 9.59 Å². The number of amides is 4. The molecule has 34 heavy (non-hydrogen) atoms. The number of nitrogens with one attached hydrogen (secondary N) is 3. The first-order valence-electron chi connectivity index (χ1n) is 10.8. The summed E-state index contributed by atoms with van der Waals surface area (Å²) in [5.41, 5.74) is 0.473. The summed E-state index contributed by atoms with van der Waals surface area (Å²) in [6.45, 7) is 7.08. The first kappa shape index (κ1) is 26.7. The zero-order valence-electron chi connectivity index (χ0n) is 19.8. The number of anilines is 1. The Bertz CT molecular complexity index is 978. The second-order valence-electron chi connectivity index (χ2n) is 8.57. The Balaban J connectivity index is 2.25. The number of halogens is 2. The lowest BCUT2D eigenvalue weighted by atomic mass is 10.0. The highest BCUT2D eigenvalue weighted by atomic mass is 19.1. The monoisotopic (exact) mass is 480 g/mol. The van der Waals surface area contributed by atoms with Crippen molar-refractivity contribution in [2.45, 2.75) is 52.2 Å². The quantitative estimate of drug-likeness (QED) is 0.409. The maximum Gasteiger partial charge on any atom is 0.328 e. The van der Waals surface area contributed by atoms with E-state index in [9.17, 15) is 28.0 Å². The van der Waals surface area contributed by atoms with E-state index in [2.05, 4.69) is 16.0 Å². The molecular weight excluding hydrogens is 450 g/mol. The fourth-order valence-electron chi connectivity index (χ4n) is 3.63. The lowest BCUT2D eigenvalue weighted by molar-refractivity contribution is -0.147. The summed E-state index contributed by atoms with van der Waals surface area (Å²) in [7, 11) is 1.20. The number of likely N-dealkylation sites (tertiary alicyclic amines) is 1. The fraction of sp³-hybridized carbons (Fsp3) is 0.478. The number of ether oxygens (including phenoxy) is 1. The minimum absolute atomic E-state index is 0.168. The number of benzene rings is 1. The van der Waals surface area contributed by atoms with Crippen molar-refractivity contribution in [3.8, 4) is 0 Å². The number of methoxy groups -OCH3 is 1. The Morgan fingerprint density at radius 1 is 1.18 bits per heavy atom. The van der Waals surface area contributed by atoms with Crippen LogP contribution >= 0.6 is 0 Å². The van der Waals surface area contributed by atoms with Crippen LogP contribution < -0.4 is 16.0 Å². The van der Waals surface area contributed by atoms with Crippen molar-refractivity contribution >= 4 is 29.5 Å². The van der Waals surface area contributed by atoms with E-state index >= 15 is 0 Å². The van der Waals surface area contributed by atoms with Crippen LogP contribution in [0.3, 0.4) is 0 Å². The van der Waals surface area contributed by atoms with Crippen LogP contribution in [0.1, 0.15) is 34.1 Å². The molecule has 0 spiro atoms. The minimum atomic E-state index is -1.13. The molecule has 2 rings (SSSR count). The van der Waals surface area contributed by atoms with Gasteiger partial charge < -0.3 is 25.6 Å². The zero-order chi connectivity index (χ0) is 25.6. The standard InChI is InChI=1S/C23H30F2N4O5/c1-12(2)10-18(30)29-9-8-17(20(29)21(31)28-19(13(3)4)22(32)34-5)27-23(33)26-16-7-6-14(24)11-15(16)25/h6-7,10-11,13,17,19-20H,8-9H2,1-5H3,(H,28,31)(H2,26,27,33)/t17-,19+,20+/m0/s1. The van der Waals surface area contributed by atoms with E-state index < -0.39 is 53.6 Å². The zero-order valence-corrected chi connectivity index (χ0v) is 19.8. The van der Waals surface area contributed by atoms with Crippen molar-refractivity contribution in [1.29, 1.82) is 0 Å². The molecule has 1 aliphatic rings. The third kappa shape index (κ3) is 6.75. The summed E-state index contributed by atoms with van der Waals surface area (Å²) in [5.74, 6) is -3.76. The van der Waals surface area contributed by atoms with Gasteiger partial charge in [-0.1, -0.05) is 19.4 Å². The largest absolute Gasteiger partial charge is 0.467 e. The van der Waals surface area contributed by atoms with Gasteiger partial charge >= 0.3 is 12.0 Å². The molecule has 1 aliphatic heterocycles. The van der Waals surface area contributed by atoms with E-state index in [0.29, 0.717) is 6.07 Å². The van der Waals surface area contributed by atoms with Gasteiger partial charge in [-0.05, 0) is 38.3 Å². The Morgan fingerprint density at radius 3 is 2.41 bits per heavy atom. The average molecular weight is 481 g/mol. The number of urea groups is 1. The van der Waals surface area contributed by atoms with Gasteiger partial charge in [-0.25, -0.2) is 18.4 Å². The van der Waals surface area contributed by atoms with Crippen LogP contribution in [0.15, 0.2) is 29.8 Å². The normalized spacial score (nSPS) is 18.2. The molecule has 0 aromatic heterocycles. The number of hydrogen-bond donors (Lipinski definition) is 3. The number of hydrogen-bond acceptors (Lipinski definition) is 5. The molecule has 1 fully saturated rings. The van der Waals surface area contributed by atoms with E-state index in [4.69, 9.17) is 4.74 Å². The number of rotatable bonds is 7. The molecule has 0 bridgehead atoms. The molecule has 0 saturated carbocycles.